The lowest BCUT2D eigenvalue weighted by molar-refractivity contribution is -0.123. The molecule has 2 aliphatic rings. The number of imide groups is 1. The normalized spacial score (nSPS) is 28.9. The second-order valence-corrected chi connectivity index (χ2v) is 6.74. The molecule has 1 heterocycles. The maximum absolute atomic E-state index is 12.8. The van der Waals surface area contributed by atoms with Crippen LogP contribution in [0.2, 0.25) is 10.0 Å². The SMILES string of the molecule is CCC1CCCC2C(=O)N(c3cc(Cl)cc(Cl)c3)C(=O)C12. The minimum Gasteiger partial charge on any atom is -0.274 e. The van der Waals surface area contributed by atoms with Crippen molar-refractivity contribution in [3.8, 4) is 0 Å². The molecule has 0 aromatic heterocycles. The highest BCUT2D eigenvalue weighted by molar-refractivity contribution is 6.35. The van der Waals surface area contributed by atoms with Gasteiger partial charge >= 0.3 is 0 Å². The first-order valence-corrected chi connectivity index (χ1v) is 8.12. The third-order valence-corrected chi connectivity index (χ3v) is 5.14. The Labute approximate surface area is 134 Å². The summed E-state index contributed by atoms with van der Waals surface area (Å²) in [7, 11) is 0. The average molecular weight is 326 g/mol. The maximum atomic E-state index is 12.8. The van der Waals surface area contributed by atoms with E-state index in [1.54, 1.807) is 18.2 Å². The average Bonchev–Trinajstić information content (AvgIpc) is 2.70. The third-order valence-electron chi connectivity index (χ3n) is 4.70. The zero-order chi connectivity index (χ0) is 15.1. The topological polar surface area (TPSA) is 37.4 Å². The lowest BCUT2D eigenvalue weighted by Crippen LogP contribution is -2.32. The summed E-state index contributed by atoms with van der Waals surface area (Å²) in [5.74, 6) is -0.223. The van der Waals surface area contributed by atoms with Crippen LogP contribution in [0.25, 0.3) is 0 Å². The molecule has 1 saturated carbocycles. The van der Waals surface area contributed by atoms with Crippen molar-refractivity contribution in [2.75, 3.05) is 4.90 Å². The summed E-state index contributed by atoms with van der Waals surface area (Å²) in [5.41, 5.74) is 0.492. The lowest BCUT2D eigenvalue weighted by Gasteiger charge is -2.29. The Morgan fingerprint density at radius 2 is 1.76 bits per heavy atom. The summed E-state index contributed by atoms with van der Waals surface area (Å²) >= 11 is 12.0. The Kier molecular flexibility index (Phi) is 3.98. The van der Waals surface area contributed by atoms with Gasteiger partial charge in [-0.1, -0.05) is 43.0 Å². The number of carbonyl (C=O) groups excluding carboxylic acids is 2. The van der Waals surface area contributed by atoms with Gasteiger partial charge in [-0.2, -0.15) is 0 Å². The highest BCUT2D eigenvalue weighted by atomic mass is 35.5. The highest BCUT2D eigenvalue weighted by Gasteiger charge is 2.52. The maximum Gasteiger partial charge on any atom is 0.237 e. The van der Waals surface area contributed by atoms with Crippen LogP contribution < -0.4 is 4.90 Å². The molecule has 3 nitrogen and oxygen atoms in total. The van der Waals surface area contributed by atoms with Gasteiger partial charge in [-0.3, -0.25) is 9.59 Å². The number of rotatable bonds is 2. The quantitative estimate of drug-likeness (QED) is 0.760. The van der Waals surface area contributed by atoms with E-state index in [0.29, 0.717) is 21.7 Å². The van der Waals surface area contributed by atoms with Crippen LogP contribution in [0.1, 0.15) is 32.6 Å². The molecule has 3 atom stereocenters. The van der Waals surface area contributed by atoms with Crippen molar-refractivity contribution in [1.82, 2.24) is 0 Å². The number of nitrogens with zero attached hydrogens (tertiary/aromatic N) is 1. The number of halogens is 2. The fourth-order valence-electron chi connectivity index (χ4n) is 3.74. The van der Waals surface area contributed by atoms with Crippen molar-refractivity contribution in [2.24, 2.45) is 17.8 Å². The first kappa shape index (κ1) is 14.9. The molecule has 3 unspecified atom stereocenters. The van der Waals surface area contributed by atoms with Crippen LogP contribution in [0.15, 0.2) is 18.2 Å². The Balaban J connectivity index is 2.00. The minimum absolute atomic E-state index is 0.0881. The standard InChI is InChI=1S/C16H17Cl2NO2/c1-2-9-4-3-5-13-14(9)16(21)19(15(13)20)12-7-10(17)6-11(18)8-12/h6-9,13-14H,2-5H2,1H3. The Hall–Kier alpha value is -1.06. The molecule has 2 amide bonds. The monoisotopic (exact) mass is 325 g/mol. The van der Waals surface area contributed by atoms with Gasteiger partial charge < -0.3 is 0 Å². The van der Waals surface area contributed by atoms with Gasteiger partial charge in [-0.25, -0.2) is 4.90 Å². The second-order valence-electron chi connectivity index (χ2n) is 5.87. The zero-order valence-electron chi connectivity index (χ0n) is 11.8. The van der Waals surface area contributed by atoms with Gasteiger partial charge in [0.25, 0.3) is 0 Å². The number of benzene rings is 1. The predicted molar refractivity (Wildman–Crippen MR) is 83.6 cm³/mol. The van der Waals surface area contributed by atoms with Gasteiger partial charge in [0.1, 0.15) is 0 Å². The molecule has 1 aromatic carbocycles. The molecule has 0 N–H and O–H groups in total. The highest BCUT2D eigenvalue weighted by Crippen LogP contribution is 2.45. The van der Waals surface area contributed by atoms with E-state index in [-0.39, 0.29) is 23.7 Å². The molecular formula is C16H17Cl2NO2. The first-order valence-electron chi connectivity index (χ1n) is 7.36. The van der Waals surface area contributed by atoms with Gasteiger partial charge in [0.15, 0.2) is 0 Å². The second kappa shape index (κ2) is 5.62. The van der Waals surface area contributed by atoms with E-state index < -0.39 is 0 Å². The van der Waals surface area contributed by atoms with Crippen molar-refractivity contribution in [3.05, 3.63) is 28.2 Å². The van der Waals surface area contributed by atoms with Gasteiger partial charge in [0, 0.05) is 10.0 Å². The summed E-state index contributed by atoms with van der Waals surface area (Å²) in [4.78, 5) is 26.7. The van der Waals surface area contributed by atoms with Crippen LogP contribution in [0.4, 0.5) is 5.69 Å². The minimum atomic E-state index is -0.172. The number of anilines is 1. The number of amides is 2. The summed E-state index contributed by atoms with van der Waals surface area (Å²) in [6.07, 6.45) is 3.78. The van der Waals surface area contributed by atoms with Crippen molar-refractivity contribution >= 4 is 40.7 Å². The fraction of sp³-hybridized carbons (Fsp3) is 0.500. The number of fused-ring (bicyclic) bond motifs is 1. The Morgan fingerprint density at radius 1 is 1.10 bits per heavy atom. The van der Waals surface area contributed by atoms with Crippen LogP contribution in [0.3, 0.4) is 0 Å². The third kappa shape index (κ3) is 2.47. The van der Waals surface area contributed by atoms with Crippen LogP contribution in [0, 0.1) is 17.8 Å². The summed E-state index contributed by atoms with van der Waals surface area (Å²) < 4.78 is 0. The predicted octanol–water partition coefficient (Wildman–Crippen LogP) is 4.31. The van der Waals surface area contributed by atoms with Crippen LogP contribution in [0.5, 0.6) is 0 Å². The van der Waals surface area contributed by atoms with E-state index in [4.69, 9.17) is 23.2 Å². The van der Waals surface area contributed by atoms with E-state index in [1.165, 1.54) is 4.90 Å². The van der Waals surface area contributed by atoms with Gasteiger partial charge in [0.05, 0.1) is 17.5 Å². The van der Waals surface area contributed by atoms with Crippen molar-refractivity contribution in [1.29, 1.82) is 0 Å². The largest absolute Gasteiger partial charge is 0.274 e. The van der Waals surface area contributed by atoms with Crippen LogP contribution in [-0.4, -0.2) is 11.8 Å². The molecule has 5 heteroatoms. The molecule has 0 radical (unpaired) electrons. The molecule has 0 spiro atoms. The lowest BCUT2D eigenvalue weighted by atomic mass is 9.72. The molecule has 1 saturated heterocycles. The molecule has 1 aromatic rings. The molecule has 1 aliphatic heterocycles. The van der Waals surface area contributed by atoms with E-state index in [0.717, 1.165) is 25.7 Å². The molecular weight excluding hydrogens is 309 g/mol. The molecule has 2 fully saturated rings. The Bertz CT molecular complexity index is 582. The smallest absolute Gasteiger partial charge is 0.237 e. The van der Waals surface area contributed by atoms with Crippen LogP contribution >= 0.6 is 23.2 Å². The van der Waals surface area contributed by atoms with Gasteiger partial charge in [-0.15, -0.1) is 0 Å². The van der Waals surface area contributed by atoms with E-state index in [9.17, 15) is 9.59 Å². The van der Waals surface area contributed by atoms with Crippen LogP contribution in [-0.2, 0) is 9.59 Å². The number of hydrogen-bond acceptors (Lipinski definition) is 2. The number of hydrogen-bond donors (Lipinski definition) is 0. The van der Waals surface area contributed by atoms with Crippen molar-refractivity contribution in [3.63, 3.8) is 0 Å². The number of carbonyl (C=O) groups is 2. The van der Waals surface area contributed by atoms with E-state index >= 15 is 0 Å². The fourth-order valence-corrected chi connectivity index (χ4v) is 4.26. The summed E-state index contributed by atoms with van der Waals surface area (Å²) in [6.45, 7) is 2.09. The molecule has 3 rings (SSSR count). The van der Waals surface area contributed by atoms with Crippen molar-refractivity contribution < 1.29 is 9.59 Å². The Morgan fingerprint density at radius 3 is 2.38 bits per heavy atom. The molecule has 112 valence electrons. The zero-order valence-corrected chi connectivity index (χ0v) is 13.3. The molecule has 0 bridgehead atoms. The molecule has 21 heavy (non-hydrogen) atoms. The van der Waals surface area contributed by atoms with Crippen molar-refractivity contribution in [2.45, 2.75) is 32.6 Å². The summed E-state index contributed by atoms with van der Waals surface area (Å²) in [6, 6.07) is 4.85. The molecule has 1 aliphatic carbocycles. The van der Waals surface area contributed by atoms with Gasteiger partial charge in [-0.05, 0) is 37.0 Å². The van der Waals surface area contributed by atoms with E-state index in [2.05, 4.69) is 6.92 Å². The van der Waals surface area contributed by atoms with Gasteiger partial charge in [0.2, 0.25) is 11.8 Å². The first-order chi connectivity index (χ1) is 10.0. The summed E-state index contributed by atoms with van der Waals surface area (Å²) in [5, 5.41) is 0.861. The van der Waals surface area contributed by atoms with E-state index in [1.807, 2.05) is 0 Å².